The van der Waals surface area contributed by atoms with Gasteiger partial charge in [0.25, 0.3) is 0 Å². The number of benzene rings is 2. The van der Waals surface area contributed by atoms with E-state index >= 15 is 0 Å². The zero-order valence-electron chi connectivity index (χ0n) is 11.0. The summed E-state index contributed by atoms with van der Waals surface area (Å²) < 4.78 is 0. The lowest BCUT2D eigenvalue weighted by molar-refractivity contribution is 0.100. The minimum absolute atomic E-state index is 0.421. The van der Waals surface area contributed by atoms with Crippen molar-refractivity contribution in [3.8, 4) is 11.1 Å². The highest BCUT2D eigenvalue weighted by molar-refractivity contribution is 6.26. The van der Waals surface area contributed by atoms with Crippen molar-refractivity contribution in [2.24, 2.45) is 16.6 Å². The summed E-state index contributed by atoms with van der Waals surface area (Å²) in [4.78, 5) is 22.5. The average molecular weight is 280 g/mol. The van der Waals surface area contributed by atoms with Crippen molar-refractivity contribution in [2.45, 2.75) is 0 Å². The number of primary amides is 2. The van der Waals surface area contributed by atoms with Crippen LogP contribution in [0.3, 0.4) is 0 Å². The second-order valence-corrected chi connectivity index (χ2v) is 4.57. The first-order chi connectivity index (χ1) is 10.1. The Morgan fingerprint density at radius 1 is 0.905 bits per heavy atom. The average Bonchev–Trinajstić information content (AvgIpc) is 2.79. The molecule has 5 N–H and O–H groups in total. The van der Waals surface area contributed by atoms with E-state index in [4.69, 9.17) is 11.5 Å². The minimum atomic E-state index is -0.750. The van der Waals surface area contributed by atoms with E-state index in [0.29, 0.717) is 11.3 Å². The molecule has 1 aliphatic rings. The van der Waals surface area contributed by atoms with Crippen molar-refractivity contribution in [1.82, 2.24) is 5.43 Å². The van der Waals surface area contributed by atoms with Crippen LogP contribution in [-0.4, -0.2) is 17.6 Å². The van der Waals surface area contributed by atoms with Gasteiger partial charge in [0.1, 0.15) is 0 Å². The molecule has 3 amide bonds. The number of hydrazone groups is 1. The van der Waals surface area contributed by atoms with E-state index < -0.39 is 11.9 Å². The summed E-state index contributed by atoms with van der Waals surface area (Å²) in [6.07, 6.45) is 0. The third kappa shape index (κ3) is 2.02. The molecule has 3 rings (SSSR count). The molecule has 1 aliphatic carbocycles. The van der Waals surface area contributed by atoms with Crippen molar-refractivity contribution in [3.05, 3.63) is 59.2 Å². The number of carbonyl (C=O) groups is 2. The van der Waals surface area contributed by atoms with Gasteiger partial charge in [-0.1, -0.05) is 36.4 Å². The minimum Gasteiger partial charge on any atom is -0.366 e. The Labute approximate surface area is 120 Å². The summed E-state index contributed by atoms with van der Waals surface area (Å²) in [6.45, 7) is 0. The van der Waals surface area contributed by atoms with Gasteiger partial charge < -0.3 is 11.5 Å². The van der Waals surface area contributed by atoms with E-state index in [1.54, 1.807) is 12.1 Å². The molecule has 0 atom stereocenters. The summed E-state index contributed by atoms with van der Waals surface area (Å²) in [5.41, 5.74) is 16.8. The number of rotatable bonds is 2. The lowest BCUT2D eigenvalue weighted by Crippen LogP contribution is -2.25. The highest BCUT2D eigenvalue weighted by Gasteiger charge is 2.28. The largest absolute Gasteiger partial charge is 0.366 e. The first-order valence-corrected chi connectivity index (χ1v) is 6.25. The van der Waals surface area contributed by atoms with Crippen LogP contribution in [0.25, 0.3) is 11.1 Å². The van der Waals surface area contributed by atoms with E-state index in [9.17, 15) is 9.59 Å². The molecule has 2 aromatic carbocycles. The van der Waals surface area contributed by atoms with Crippen LogP contribution in [-0.2, 0) is 0 Å². The maximum Gasteiger partial charge on any atom is 0.332 e. The number of urea groups is 1. The Hall–Kier alpha value is -3.15. The van der Waals surface area contributed by atoms with Crippen molar-refractivity contribution in [3.63, 3.8) is 0 Å². The number of fused-ring (bicyclic) bond motifs is 3. The first-order valence-electron chi connectivity index (χ1n) is 6.25. The van der Waals surface area contributed by atoms with E-state index in [1.165, 1.54) is 0 Å². The predicted octanol–water partition coefficient (Wildman–Crippen LogP) is 1.19. The molecule has 0 saturated carbocycles. The molecular formula is C15H12N4O2. The third-order valence-corrected chi connectivity index (χ3v) is 3.31. The van der Waals surface area contributed by atoms with Crippen molar-refractivity contribution >= 4 is 17.6 Å². The van der Waals surface area contributed by atoms with Crippen LogP contribution in [0.2, 0.25) is 0 Å². The molecule has 0 saturated heterocycles. The molecule has 0 bridgehead atoms. The standard InChI is InChI=1S/C15H12N4O2/c16-14(20)11-7-3-6-10-12(11)8-4-1-2-5-9(8)13(10)18-19-15(17)21/h1-7H,(H2,16,20)(H3,17,19,21)/b18-13-. The van der Waals surface area contributed by atoms with Gasteiger partial charge in [-0.25, -0.2) is 10.2 Å². The molecule has 2 aromatic rings. The van der Waals surface area contributed by atoms with E-state index in [0.717, 1.165) is 22.3 Å². The van der Waals surface area contributed by atoms with Crippen LogP contribution < -0.4 is 16.9 Å². The molecule has 0 heterocycles. The highest BCUT2D eigenvalue weighted by Crippen LogP contribution is 2.38. The lowest BCUT2D eigenvalue weighted by atomic mass is 9.99. The highest BCUT2D eigenvalue weighted by atomic mass is 16.2. The fourth-order valence-corrected chi connectivity index (χ4v) is 2.53. The lowest BCUT2D eigenvalue weighted by Gasteiger charge is -2.05. The van der Waals surface area contributed by atoms with Gasteiger partial charge in [0.2, 0.25) is 5.91 Å². The fourth-order valence-electron chi connectivity index (χ4n) is 2.53. The zero-order valence-corrected chi connectivity index (χ0v) is 11.0. The van der Waals surface area contributed by atoms with Crippen LogP contribution in [0.5, 0.6) is 0 Å². The van der Waals surface area contributed by atoms with Gasteiger partial charge in [-0.2, -0.15) is 5.10 Å². The smallest absolute Gasteiger partial charge is 0.332 e. The third-order valence-electron chi connectivity index (χ3n) is 3.31. The maximum absolute atomic E-state index is 11.6. The molecule has 6 heteroatoms. The molecule has 0 aliphatic heterocycles. The van der Waals surface area contributed by atoms with Crippen molar-refractivity contribution in [2.75, 3.05) is 0 Å². The number of nitrogens with zero attached hydrogens (tertiary/aromatic N) is 1. The van der Waals surface area contributed by atoms with E-state index in [1.807, 2.05) is 30.3 Å². The summed E-state index contributed by atoms with van der Waals surface area (Å²) in [7, 11) is 0. The van der Waals surface area contributed by atoms with Gasteiger partial charge in [-0.05, 0) is 11.6 Å². The van der Waals surface area contributed by atoms with E-state index in [2.05, 4.69) is 10.5 Å². The molecule has 0 aromatic heterocycles. The van der Waals surface area contributed by atoms with Gasteiger partial charge in [-0.15, -0.1) is 0 Å². The Balaban J connectivity index is 2.29. The SMILES string of the molecule is NC(=O)N/N=C1/c2ccccc2-c2c(C(N)=O)cccc21. The summed E-state index contributed by atoms with van der Waals surface area (Å²) in [5.74, 6) is -0.509. The zero-order chi connectivity index (χ0) is 15.0. The number of nitrogens with one attached hydrogen (secondary N) is 1. The Kier molecular flexibility index (Phi) is 2.91. The Morgan fingerprint density at radius 2 is 1.57 bits per heavy atom. The van der Waals surface area contributed by atoms with Gasteiger partial charge in [0, 0.05) is 22.3 Å². The maximum atomic E-state index is 11.6. The number of hydrogen-bond donors (Lipinski definition) is 3. The Bertz CT molecular complexity index is 796. The molecule has 0 radical (unpaired) electrons. The topological polar surface area (TPSA) is 111 Å². The normalized spacial score (nSPS) is 13.6. The number of nitrogens with two attached hydrogens (primary N) is 2. The summed E-state index contributed by atoms with van der Waals surface area (Å²) in [6, 6.07) is 11.9. The number of carbonyl (C=O) groups excluding carboxylic acids is 2. The summed E-state index contributed by atoms with van der Waals surface area (Å²) in [5, 5.41) is 4.05. The van der Waals surface area contributed by atoms with Gasteiger partial charge in [-0.3, -0.25) is 4.79 Å². The van der Waals surface area contributed by atoms with Gasteiger partial charge in [0.15, 0.2) is 0 Å². The number of amides is 3. The molecule has 104 valence electrons. The Morgan fingerprint density at radius 3 is 2.24 bits per heavy atom. The van der Waals surface area contributed by atoms with Gasteiger partial charge >= 0.3 is 6.03 Å². The van der Waals surface area contributed by atoms with Crippen LogP contribution >= 0.6 is 0 Å². The molecule has 6 nitrogen and oxygen atoms in total. The monoisotopic (exact) mass is 280 g/mol. The number of hydrogen-bond acceptors (Lipinski definition) is 3. The van der Waals surface area contributed by atoms with Crippen LogP contribution in [0.15, 0.2) is 47.6 Å². The van der Waals surface area contributed by atoms with Gasteiger partial charge in [0.05, 0.1) is 5.71 Å². The van der Waals surface area contributed by atoms with Crippen LogP contribution in [0, 0.1) is 0 Å². The van der Waals surface area contributed by atoms with Crippen molar-refractivity contribution < 1.29 is 9.59 Å². The first kappa shape index (κ1) is 12.9. The van der Waals surface area contributed by atoms with Crippen LogP contribution in [0.1, 0.15) is 21.5 Å². The van der Waals surface area contributed by atoms with Crippen LogP contribution in [0.4, 0.5) is 4.79 Å². The molecular weight excluding hydrogens is 268 g/mol. The molecule has 0 fully saturated rings. The predicted molar refractivity (Wildman–Crippen MR) is 78.8 cm³/mol. The molecule has 0 spiro atoms. The molecule has 0 unspecified atom stereocenters. The second kappa shape index (κ2) is 4.75. The van der Waals surface area contributed by atoms with E-state index in [-0.39, 0.29) is 0 Å². The second-order valence-electron chi connectivity index (χ2n) is 4.57. The van der Waals surface area contributed by atoms with Crippen molar-refractivity contribution in [1.29, 1.82) is 0 Å². The molecule has 21 heavy (non-hydrogen) atoms. The fraction of sp³-hybridized carbons (Fsp3) is 0. The summed E-state index contributed by atoms with van der Waals surface area (Å²) >= 11 is 0. The quantitative estimate of drug-likeness (QED) is 0.612.